The summed E-state index contributed by atoms with van der Waals surface area (Å²) in [6, 6.07) is 4.82. The van der Waals surface area contributed by atoms with Crippen LogP contribution >= 0.6 is 0 Å². The Balaban J connectivity index is 2.39. The number of hydrogen-bond acceptors (Lipinski definition) is 3. The van der Waals surface area contributed by atoms with E-state index in [1.54, 1.807) is 0 Å². The lowest BCUT2D eigenvalue weighted by molar-refractivity contribution is 0.645. The van der Waals surface area contributed by atoms with Gasteiger partial charge in [-0.25, -0.2) is 4.98 Å². The molecule has 0 N–H and O–H groups in total. The van der Waals surface area contributed by atoms with Crippen molar-refractivity contribution in [1.82, 2.24) is 4.98 Å². The minimum Gasteiger partial charge on any atom is -0.356 e. The number of hydrogen-bond donors (Lipinski definition) is 0. The lowest BCUT2D eigenvalue weighted by Crippen LogP contribution is -2.30. The fourth-order valence-electron chi connectivity index (χ4n) is 2.67. The molecule has 0 saturated heterocycles. The van der Waals surface area contributed by atoms with E-state index in [-0.39, 0.29) is 0 Å². The van der Waals surface area contributed by atoms with Gasteiger partial charge in [-0.05, 0) is 38.3 Å². The number of aromatic nitrogens is 1. The minimum absolute atomic E-state index is 0.552. The molecule has 0 amide bonds. The highest BCUT2D eigenvalue weighted by atomic mass is 15.2. The number of nitrogens with zero attached hydrogens (tertiary/aromatic N) is 3. The third-order valence-corrected chi connectivity index (χ3v) is 3.64. The van der Waals surface area contributed by atoms with E-state index in [0.717, 1.165) is 22.6 Å². The molecule has 0 aromatic carbocycles. The van der Waals surface area contributed by atoms with Crippen LogP contribution in [0.5, 0.6) is 0 Å². The second-order valence-electron chi connectivity index (χ2n) is 4.94. The normalized spacial score (nSPS) is 15.9. The van der Waals surface area contributed by atoms with Crippen LogP contribution in [0.3, 0.4) is 0 Å². The van der Waals surface area contributed by atoms with Crippen LogP contribution in [-0.2, 0) is 0 Å². The van der Waals surface area contributed by atoms with E-state index >= 15 is 0 Å². The van der Waals surface area contributed by atoms with Crippen LogP contribution in [-0.4, -0.2) is 18.1 Å². The number of rotatable bonds is 2. The number of aryl methyl sites for hydroxylation is 2. The number of nitriles is 1. The van der Waals surface area contributed by atoms with Crippen molar-refractivity contribution in [2.24, 2.45) is 0 Å². The van der Waals surface area contributed by atoms with Crippen LogP contribution in [0.4, 0.5) is 5.82 Å². The summed E-state index contributed by atoms with van der Waals surface area (Å²) in [7, 11) is 2.07. The minimum atomic E-state index is 0.552. The molecule has 1 aromatic rings. The van der Waals surface area contributed by atoms with E-state index in [1.807, 2.05) is 19.9 Å². The molecule has 1 saturated carbocycles. The van der Waals surface area contributed by atoms with Crippen molar-refractivity contribution in [1.29, 1.82) is 5.26 Å². The summed E-state index contributed by atoms with van der Waals surface area (Å²) in [6.07, 6.45) is 5.02. The third-order valence-electron chi connectivity index (χ3n) is 3.64. The number of pyridine rings is 1. The first-order valence-corrected chi connectivity index (χ1v) is 6.24. The van der Waals surface area contributed by atoms with E-state index in [9.17, 15) is 5.26 Å². The van der Waals surface area contributed by atoms with Gasteiger partial charge in [0.2, 0.25) is 0 Å². The summed E-state index contributed by atoms with van der Waals surface area (Å²) in [5.41, 5.74) is 2.74. The molecule has 2 rings (SSSR count). The van der Waals surface area contributed by atoms with E-state index in [2.05, 4.69) is 23.0 Å². The Kier molecular flexibility index (Phi) is 3.33. The second-order valence-corrected chi connectivity index (χ2v) is 4.94. The van der Waals surface area contributed by atoms with Gasteiger partial charge in [0.15, 0.2) is 0 Å². The van der Waals surface area contributed by atoms with Crippen LogP contribution in [0.15, 0.2) is 6.07 Å². The molecule has 0 bridgehead atoms. The molecule has 90 valence electrons. The second kappa shape index (κ2) is 4.75. The number of anilines is 1. The van der Waals surface area contributed by atoms with Crippen LogP contribution in [0, 0.1) is 25.2 Å². The summed E-state index contributed by atoms with van der Waals surface area (Å²) < 4.78 is 0. The SMILES string of the molecule is Cc1cc(C)c(C#N)c(N(C)C2CCCC2)n1. The summed E-state index contributed by atoms with van der Waals surface area (Å²) in [5.74, 6) is 0.858. The molecule has 3 nitrogen and oxygen atoms in total. The maximum absolute atomic E-state index is 9.27. The highest BCUT2D eigenvalue weighted by molar-refractivity contribution is 5.58. The average molecular weight is 229 g/mol. The van der Waals surface area contributed by atoms with Gasteiger partial charge in [-0.2, -0.15) is 5.26 Å². The highest BCUT2D eigenvalue weighted by Gasteiger charge is 2.23. The summed E-state index contributed by atoms with van der Waals surface area (Å²) in [5, 5.41) is 9.27. The largest absolute Gasteiger partial charge is 0.356 e. The Morgan fingerprint density at radius 1 is 1.35 bits per heavy atom. The predicted molar refractivity (Wildman–Crippen MR) is 69.1 cm³/mol. The van der Waals surface area contributed by atoms with E-state index in [1.165, 1.54) is 25.7 Å². The predicted octanol–water partition coefficient (Wildman–Crippen LogP) is 2.95. The quantitative estimate of drug-likeness (QED) is 0.782. The molecule has 0 atom stereocenters. The van der Waals surface area contributed by atoms with E-state index in [4.69, 9.17) is 0 Å². The van der Waals surface area contributed by atoms with Gasteiger partial charge in [-0.15, -0.1) is 0 Å². The first-order chi connectivity index (χ1) is 8.13. The van der Waals surface area contributed by atoms with Gasteiger partial charge in [-0.3, -0.25) is 0 Å². The first kappa shape index (κ1) is 11.9. The van der Waals surface area contributed by atoms with Gasteiger partial charge in [0.25, 0.3) is 0 Å². The van der Waals surface area contributed by atoms with Gasteiger partial charge in [-0.1, -0.05) is 12.8 Å². The zero-order valence-corrected chi connectivity index (χ0v) is 10.8. The molecule has 0 spiro atoms. The van der Waals surface area contributed by atoms with Crippen molar-refractivity contribution in [3.05, 3.63) is 22.9 Å². The molecule has 0 unspecified atom stereocenters. The Morgan fingerprint density at radius 3 is 2.59 bits per heavy atom. The van der Waals surface area contributed by atoms with Crippen LogP contribution in [0.1, 0.15) is 42.5 Å². The average Bonchev–Trinajstić information content (AvgIpc) is 2.80. The Bertz CT molecular complexity index is 453. The van der Waals surface area contributed by atoms with Gasteiger partial charge >= 0.3 is 0 Å². The standard InChI is InChI=1S/C14H19N3/c1-10-8-11(2)16-14(13(10)9-15)17(3)12-6-4-5-7-12/h8,12H,4-7H2,1-3H3. The van der Waals surface area contributed by atoms with Crippen molar-refractivity contribution in [2.75, 3.05) is 11.9 Å². The van der Waals surface area contributed by atoms with Crippen LogP contribution in [0.25, 0.3) is 0 Å². The molecule has 1 heterocycles. The maximum Gasteiger partial charge on any atom is 0.147 e. The molecular formula is C14H19N3. The molecule has 3 heteroatoms. The topological polar surface area (TPSA) is 39.9 Å². The molecule has 1 aliphatic rings. The molecule has 1 fully saturated rings. The van der Waals surface area contributed by atoms with E-state index in [0.29, 0.717) is 6.04 Å². The lowest BCUT2D eigenvalue weighted by atomic mass is 10.1. The smallest absolute Gasteiger partial charge is 0.147 e. The molecule has 0 radical (unpaired) electrons. The fourth-order valence-corrected chi connectivity index (χ4v) is 2.67. The summed E-state index contributed by atoms with van der Waals surface area (Å²) >= 11 is 0. The molecule has 17 heavy (non-hydrogen) atoms. The summed E-state index contributed by atoms with van der Waals surface area (Å²) in [6.45, 7) is 3.97. The van der Waals surface area contributed by atoms with Crippen molar-refractivity contribution < 1.29 is 0 Å². The summed E-state index contributed by atoms with van der Waals surface area (Å²) in [4.78, 5) is 6.75. The highest BCUT2D eigenvalue weighted by Crippen LogP contribution is 2.29. The lowest BCUT2D eigenvalue weighted by Gasteiger charge is -2.27. The molecular weight excluding hydrogens is 210 g/mol. The van der Waals surface area contributed by atoms with Crippen LogP contribution < -0.4 is 4.90 Å². The van der Waals surface area contributed by atoms with Crippen molar-refractivity contribution >= 4 is 5.82 Å². The monoisotopic (exact) mass is 229 g/mol. The molecule has 0 aliphatic heterocycles. The third kappa shape index (κ3) is 2.26. The van der Waals surface area contributed by atoms with Gasteiger partial charge in [0.1, 0.15) is 11.9 Å². The van der Waals surface area contributed by atoms with Crippen LogP contribution in [0.2, 0.25) is 0 Å². The van der Waals surface area contributed by atoms with Gasteiger partial charge < -0.3 is 4.90 Å². The molecule has 1 aromatic heterocycles. The van der Waals surface area contributed by atoms with E-state index < -0.39 is 0 Å². The first-order valence-electron chi connectivity index (χ1n) is 6.24. The Labute approximate surface area is 103 Å². The zero-order chi connectivity index (χ0) is 12.4. The Hall–Kier alpha value is -1.56. The van der Waals surface area contributed by atoms with Gasteiger partial charge in [0.05, 0.1) is 5.56 Å². The van der Waals surface area contributed by atoms with Crippen molar-refractivity contribution in [3.8, 4) is 6.07 Å². The van der Waals surface area contributed by atoms with Crippen molar-refractivity contribution in [2.45, 2.75) is 45.6 Å². The fraction of sp³-hybridized carbons (Fsp3) is 0.571. The zero-order valence-electron chi connectivity index (χ0n) is 10.8. The maximum atomic E-state index is 9.27. The van der Waals surface area contributed by atoms with Gasteiger partial charge in [0, 0.05) is 18.8 Å². The molecule has 1 aliphatic carbocycles. The van der Waals surface area contributed by atoms with Crippen molar-refractivity contribution in [3.63, 3.8) is 0 Å². The Morgan fingerprint density at radius 2 is 2.00 bits per heavy atom.